The Morgan fingerprint density at radius 2 is 1.79 bits per heavy atom. The molecule has 0 fully saturated rings. The van der Waals surface area contributed by atoms with Crippen molar-refractivity contribution >= 4 is 11.0 Å². The summed E-state index contributed by atoms with van der Waals surface area (Å²) in [5.41, 5.74) is 0.990. The molecule has 19 heavy (non-hydrogen) atoms. The first kappa shape index (κ1) is 14.1. The minimum absolute atomic E-state index is 0.326. The van der Waals surface area contributed by atoms with E-state index in [1.54, 1.807) is 0 Å². The van der Waals surface area contributed by atoms with Crippen molar-refractivity contribution in [3.8, 4) is 0 Å². The zero-order valence-corrected chi connectivity index (χ0v) is 12.3. The molecular weight excluding hydrogens is 234 g/mol. The van der Waals surface area contributed by atoms with Crippen LogP contribution in [-0.4, -0.2) is 7.05 Å². The first-order chi connectivity index (χ1) is 9.30. The lowest BCUT2D eigenvalue weighted by atomic mass is 9.89. The Morgan fingerprint density at radius 3 is 2.37 bits per heavy atom. The van der Waals surface area contributed by atoms with Crippen molar-refractivity contribution in [1.29, 1.82) is 0 Å². The average molecular weight is 259 g/mol. The Morgan fingerprint density at radius 1 is 1.11 bits per heavy atom. The van der Waals surface area contributed by atoms with Gasteiger partial charge in [-0.3, -0.25) is 0 Å². The molecule has 0 amide bonds. The van der Waals surface area contributed by atoms with Crippen molar-refractivity contribution in [2.75, 3.05) is 7.05 Å². The molecule has 0 saturated heterocycles. The fourth-order valence-corrected chi connectivity index (χ4v) is 2.99. The molecule has 1 unspecified atom stereocenters. The zero-order chi connectivity index (χ0) is 13.7. The molecule has 1 N–H and O–H groups in total. The predicted octanol–water partition coefficient (Wildman–Crippen LogP) is 4.91. The summed E-state index contributed by atoms with van der Waals surface area (Å²) in [4.78, 5) is 0. The number of para-hydroxylation sites is 1. The van der Waals surface area contributed by atoms with Crippen molar-refractivity contribution in [1.82, 2.24) is 5.32 Å². The van der Waals surface area contributed by atoms with Gasteiger partial charge in [-0.1, -0.05) is 44.9 Å². The number of hydrogen-bond donors (Lipinski definition) is 1. The van der Waals surface area contributed by atoms with Crippen molar-refractivity contribution in [3.05, 3.63) is 36.1 Å². The molecule has 2 nitrogen and oxygen atoms in total. The van der Waals surface area contributed by atoms with Crippen molar-refractivity contribution in [2.24, 2.45) is 5.92 Å². The molecule has 0 aliphatic carbocycles. The van der Waals surface area contributed by atoms with Crippen LogP contribution in [0.4, 0.5) is 0 Å². The molecule has 1 heterocycles. The molecule has 0 radical (unpaired) electrons. The first-order valence-corrected chi connectivity index (χ1v) is 7.45. The van der Waals surface area contributed by atoms with E-state index in [2.05, 4.69) is 37.4 Å². The van der Waals surface area contributed by atoms with Gasteiger partial charge in [0, 0.05) is 5.39 Å². The molecule has 1 aromatic carbocycles. The standard InChI is InChI=1S/C17H25NO/c1-4-8-13(9-5-2)17(18-3)16-12-14-10-6-7-11-15(14)19-16/h6-7,10-13,17-18H,4-5,8-9H2,1-3H3. The lowest BCUT2D eigenvalue weighted by Gasteiger charge is -2.24. The van der Waals surface area contributed by atoms with Crippen LogP contribution in [0.2, 0.25) is 0 Å². The second-order valence-electron chi connectivity index (χ2n) is 5.29. The molecule has 0 aliphatic heterocycles. The van der Waals surface area contributed by atoms with Gasteiger partial charge in [0.1, 0.15) is 11.3 Å². The van der Waals surface area contributed by atoms with E-state index in [0.29, 0.717) is 12.0 Å². The smallest absolute Gasteiger partial charge is 0.134 e. The lowest BCUT2D eigenvalue weighted by molar-refractivity contribution is 0.294. The highest BCUT2D eigenvalue weighted by Gasteiger charge is 2.23. The van der Waals surface area contributed by atoms with Crippen LogP contribution in [0.3, 0.4) is 0 Å². The van der Waals surface area contributed by atoms with Gasteiger partial charge in [-0.05, 0) is 37.9 Å². The summed E-state index contributed by atoms with van der Waals surface area (Å²) >= 11 is 0. The number of hydrogen-bond acceptors (Lipinski definition) is 2. The third-order valence-electron chi connectivity index (χ3n) is 3.85. The van der Waals surface area contributed by atoms with Crippen molar-refractivity contribution in [2.45, 2.75) is 45.6 Å². The van der Waals surface area contributed by atoms with Crippen LogP contribution >= 0.6 is 0 Å². The number of fused-ring (bicyclic) bond motifs is 1. The van der Waals surface area contributed by atoms with E-state index < -0.39 is 0 Å². The van der Waals surface area contributed by atoms with E-state index in [4.69, 9.17) is 4.42 Å². The lowest BCUT2D eigenvalue weighted by Crippen LogP contribution is -2.24. The predicted molar refractivity (Wildman–Crippen MR) is 81.3 cm³/mol. The quantitative estimate of drug-likeness (QED) is 0.764. The van der Waals surface area contributed by atoms with Crippen LogP contribution < -0.4 is 5.32 Å². The number of rotatable bonds is 7. The van der Waals surface area contributed by atoms with Crippen LogP contribution in [0.5, 0.6) is 0 Å². The first-order valence-electron chi connectivity index (χ1n) is 7.45. The molecule has 0 bridgehead atoms. The molecule has 2 rings (SSSR count). The fourth-order valence-electron chi connectivity index (χ4n) is 2.99. The monoisotopic (exact) mass is 259 g/mol. The van der Waals surface area contributed by atoms with Gasteiger partial charge in [0.05, 0.1) is 6.04 Å². The van der Waals surface area contributed by atoms with E-state index in [1.807, 2.05) is 19.2 Å². The normalized spacial score (nSPS) is 13.3. The molecule has 0 spiro atoms. The summed E-state index contributed by atoms with van der Waals surface area (Å²) in [6, 6.07) is 10.8. The molecule has 104 valence electrons. The van der Waals surface area contributed by atoms with Gasteiger partial charge in [-0.25, -0.2) is 0 Å². The number of nitrogens with one attached hydrogen (secondary N) is 1. The highest BCUT2D eigenvalue weighted by Crippen LogP contribution is 2.32. The fraction of sp³-hybridized carbons (Fsp3) is 0.529. The molecule has 2 aromatic rings. The summed E-state index contributed by atoms with van der Waals surface area (Å²) < 4.78 is 6.03. The number of benzene rings is 1. The average Bonchev–Trinajstić information content (AvgIpc) is 2.83. The number of furan rings is 1. The summed E-state index contributed by atoms with van der Waals surface area (Å²) in [7, 11) is 2.04. The highest BCUT2D eigenvalue weighted by molar-refractivity contribution is 5.77. The van der Waals surface area contributed by atoms with E-state index in [-0.39, 0.29) is 0 Å². The maximum Gasteiger partial charge on any atom is 0.134 e. The summed E-state index contributed by atoms with van der Waals surface area (Å²) in [6.45, 7) is 4.52. The Bertz CT molecular complexity index is 464. The van der Waals surface area contributed by atoms with E-state index in [0.717, 1.165) is 11.3 Å². The van der Waals surface area contributed by atoms with Crippen LogP contribution in [0.25, 0.3) is 11.0 Å². The van der Waals surface area contributed by atoms with E-state index >= 15 is 0 Å². The van der Waals surface area contributed by atoms with Crippen LogP contribution in [0, 0.1) is 5.92 Å². The molecule has 1 atom stereocenters. The Kier molecular flexibility index (Phi) is 5.03. The zero-order valence-electron chi connectivity index (χ0n) is 12.3. The van der Waals surface area contributed by atoms with Crippen LogP contribution in [0.15, 0.2) is 34.7 Å². The van der Waals surface area contributed by atoms with Crippen molar-refractivity contribution < 1.29 is 4.42 Å². The summed E-state index contributed by atoms with van der Waals surface area (Å²) in [6.07, 6.45) is 4.94. The molecule has 0 saturated carbocycles. The molecule has 1 aromatic heterocycles. The molecule has 2 heteroatoms. The minimum atomic E-state index is 0.326. The second-order valence-corrected chi connectivity index (χ2v) is 5.29. The Hall–Kier alpha value is -1.28. The third-order valence-corrected chi connectivity index (χ3v) is 3.85. The topological polar surface area (TPSA) is 25.2 Å². The van der Waals surface area contributed by atoms with Gasteiger partial charge in [0.15, 0.2) is 0 Å². The SMILES string of the molecule is CCCC(CCC)C(NC)c1cc2ccccc2o1. The van der Waals surface area contributed by atoms with Gasteiger partial charge in [-0.2, -0.15) is 0 Å². The van der Waals surface area contributed by atoms with E-state index in [9.17, 15) is 0 Å². The Labute approximate surface area is 116 Å². The second kappa shape index (κ2) is 6.76. The maximum atomic E-state index is 6.03. The molecule has 0 aliphatic rings. The summed E-state index contributed by atoms with van der Waals surface area (Å²) in [5, 5.41) is 4.65. The van der Waals surface area contributed by atoms with Gasteiger partial charge >= 0.3 is 0 Å². The van der Waals surface area contributed by atoms with Crippen molar-refractivity contribution in [3.63, 3.8) is 0 Å². The minimum Gasteiger partial charge on any atom is -0.459 e. The maximum absolute atomic E-state index is 6.03. The van der Waals surface area contributed by atoms with Crippen LogP contribution in [-0.2, 0) is 0 Å². The van der Waals surface area contributed by atoms with Gasteiger partial charge in [0.2, 0.25) is 0 Å². The van der Waals surface area contributed by atoms with Gasteiger partial charge in [0.25, 0.3) is 0 Å². The van der Waals surface area contributed by atoms with Crippen LogP contribution in [0.1, 0.15) is 51.3 Å². The van der Waals surface area contributed by atoms with Gasteiger partial charge in [-0.15, -0.1) is 0 Å². The van der Waals surface area contributed by atoms with E-state index in [1.165, 1.54) is 31.1 Å². The Balaban J connectivity index is 2.28. The third kappa shape index (κ3) is 3.19. The summed E-state index contributed by atoms with van der Waals surface area (Å²) in [5.74, 6) is 1.73. The highest BCUT2D eigenvalue weighted by atomic mass is 16.3. The molecular formula is C17H25NO. The van der Waals surface area contributed by atoms with Gasteiger partial charge < -0.3 is 9.73 Å². The largest absolute Gasteiger partial charge is 0.459 e.